The van der Waals surface area contributed by atoms with Gasteiger partial charge in [-0.25, -0.2) is 17.6 Å². The molecular formula is C12H11FN2O4S. The van der Waals surface area contributed by atoms with Crippen LogP contribution in [0.3, 0.4) is 0 Å². The molecule has 2 aromatic rings. The molecule has 0 amide bonds. The number of hydrogen-bond donors (Lipinski definition) is 3. The molecule has 8 heteroatoms. The molecule has 0 saturated carbocycles. The third-order valence-corrected chi connectivity index (χ3v) is 3.88. The molecule has 1 aromatic carbocycles. The van der Waals surface area contributed by atoms with E-state index in [1.807, 2.05) is 0 Å². The SMILES string of the molecule is Cc1cc(NS(=O)(=O)c2cccc(F)c2)c(C(=O)O)[nH]1. The van der Waals surface area contributed by atoms with E-state index in [1.54, 1.807) is 6.92 Å². The molecule has 0 atom stereocenters. The van der Waals surface area contributed by atoms with Crippen LogP contribution >= 0.6 is 0 Å². The number of aromatic nitrogens is 1. The topological polar surface area (TPSA) is 99.3 Å². The Labute approximate surface area is 114 Å². The minimum atomic E-state index is -4.05. The molecule has 0 aliphatic heterocycles. The molecule has 0 bridgehead atoms. The molecular weight excluding hydrogens is 287 g/mol. The zero-order valence-corrected chi connectivity index (χ0v) is 11.2. The number of aryl methyl sites for hydroxylation is 1. The molecule has 1 heterocycles. The summed E-state index contributed by atoms with van der Waals surface area (Å²) in [7, 11) is -4.05. The Morgan fingerprint density at radius 3 is 2.65 bits per heavy atom. The fraction of sp³-hybridized carbons (Fsp3) is 0.0833. The number of sulfonamides is 1. The van der Waals surface area contributed by atoms with Crippen molar-refractivity contribution in [3.8, 4) is 0 Å². The van der Waals surface area contributed by atoms with Gasteiger partial charge in [0.2, 0.25) is 0 Å². The fourth-order valence-corrected chi connectivity index (χ4v) is 2.77. The lowest BCUT2D eigenvalue weighted by Gasteiger charge is -2.07. The molecule has 20 heavy (non-hydrogen) atoms. The third kappa shape index (κ3) is 2.80. The van der Waals surface area contributed by atoms with Crippen molar-refractivity contribution in [3.05, 3.63) is 47.5 Å². The van der Waals surface area contributed by atoms with Gasteiger partial charge < -0.3 is 10.1 Å². The Bertz CT molecular complexity index is 768. The van der Waals surface area contributed by atoms with Gasteiger partial charge in [0, 0.05) is 5.69 Å². The van der Waals surface area contributed by atoms with Gasteiger partial charge in [0.05, 0.1) is 10.6 Å². The Morgan fingerprint density at radius 2 is 2.05 bits per heavy atom. The first-order chi connectivity index (χ1) is 9.29. The molecule has 0 unspecified atom stereocenters. The highest BCUT2D eigenvalue weighted by Crippen LogP contribution is 2.21. The average Bonchev–Trinajstić information content (AvgIpc) is 2.69. The van der Waals surface area contributed by atoms with Crippen LogP contribution in [-0.2, 0) is 10.0 Å². The molecule has 106 valence electrons. The summed E-state index contributed by atoms with van der Waals surface area (Å²) in [6.45, 7) is 1.59. The quantitative estimate of drug-likeness (QED) is 0.803. The van der Waals surface area contributed by atoms with E-state index in [0.717, 1.165) is 12.1 Å². The minimum absolute atomic E-state index is 0.0979. The highest BCUT2D eigenvalue weighted by molar-refractivity contribution is 7.92. The first kappa shape index (κ1) is 14.1. The second kappa shape index (κ2) is 4.97. The van der Waals surface area contributed by atoms with E-state index in [1.165, 1.54) is 18.2 Å². The van der Waals surface area contributed by atoms with E-state index < -0.39 is 21.8 Å². The number of carboxylic acids is 1. The maximum atomic E-state index is 13.1. The number of nitrogens with one attached hydrogen (secondary N) is 2. The van der Waals surface area contributed by atoms with Crippen molar-refractivity contribution in [2.45, 2.75) is 11.8 Å². The molecule has 0 radical (unpaired) electrons. The van der Waals surface area contributed by atoms with Crippen molar-refractivity contribution in [2.75, 3.05) is 4.72 Å². The highest BCUT2D eigenvalue weighted by Gasteiger charge is 2.20. The first-order valence-electron chi connectivity index (χ1n) is 5.51. The number of H-pyrrole nitrogens is 1. The average molecular weight is 298 g/mol. The molecule has 0 fully saturated rings. The lowest BCUT2D eigenvalue weighted by atomic mass is 10.3. The Balaban J connectivity index is 2.41. The molecule has 2 rings (SSSR count). The van der Waals surface area contributed by atoms with Gasteiger partial charge in [-0.05, 0) is 31.2 Å². The van der Waals surface area contributed by atoms with E-state index >= 15 is 0 Å². The highest BCUT2D eigenvalue weighted by atomic mass is 32.2. The number of aromatic carboxylic acids is 1. The van der Waals surface area contributed by atoms with Gasteiger partial charge in [0.25, 0.3) is 10.0 Å². The van der Waals surface area contributed by atoms with E-state index in [2.05, 4.69) is 9.71 Å². The van der Waals surface area contributed by atoms with Crippen molar-refractivity contribution >= 4 is 21.7 Å². The molecule has 0 spiro atoms. The largest absolute Gasteiger partial charge is 0.477 e. The number of carboxylic acid groups (broad SMARTS) is 1. The third-order valence-electron chi connectivity index (χ3n) is 2.52. The second-order valence-corrected chi connectivity index (χ2v) is 5.79. The summed E-state index contributed by atoms with van der Waals surface area (Å²) >= 11 is 0. The molecule has 1 aromatic heterocycles. The van der Waals surface area contributed by atoms with Crippen LogP contribution < -0.4 is 4.72 Å². The van der Waals surface area contributed by atoms with Gasteiger partial charge in [0.1, 0.15) is 11.5 Å². The maximum absolute atomic E-state index is 13.1. The molecule has 0 saturated heterocycles. The van der Waals surface area contributed by atoms with Gasteiger partial charge in [0.15, 0.2) is 0 Å². The number of anilines is 1. The smallest absolute Gasteiger partial charge is 0.354 e. The number of benzene rings is 1. The van der Waals surface area contributed by atoms with Gasteiger partial charge in [-0.1, -0.05) is 6.07 Å². The van der Waals surface area contributed by atoms with Crippen LogP contribution in [0.2, 0.25) is 0 Å². The summed E-state index contributed by atoms with van der Waals surface area (Å²) in [5.74, 6) is -1.99. The second-order valence-electron chi connectivity index (χ2n) is 4.11. The molecule has 3 N–H and O–H groups in total. The summed E-state index contributed by atoms with van der Waals surface area (Å²) in [6.07, 6.45) is 0. The van der Waals surface area contributed by atoms with Crippen LogP contribution in [0.15, 0.2) is 35.2 Å². The number of hydrogen-bond acceptors (Lipinski definition) is 3. The maximum Gasteiger partial charge on any atom is 0.354 e. The van der Waals surface area contributed by atoms with E-state index in [-0.39, 0.29) is 16.3 Å². The van der Waals surface area contributed by atoms with Gasteiger partial charge in [-0.3, -0.25) is 4.72 Å². The van der Waals surface area contributed by atoms with Crippen LogP contribution in [0, 0.1) is 12.7 Å². The van der Waals surface area contributed by atoms with Crippen molar-refractivity contribution in [1.82, 2.24) is 4.98 Å². The van der Waals surface area contributed by atoms with Gasteiger partial charge in [-0.2, -0.15) is 0 Å². The summed E-state index contributed by atoms with van der Waals surface area (Å²) in [5, 5.41) is 8.96. The van der Waals surface area contributed by atoms with Crippen LogP contribution in [0.1, 0.15) is 16.2 Å². The van der Waals surface area contributed by atoms with Crippen LogP contribution in [-0.4, -0.2) is 24.5 Å². The number of carbonyl (C=O) groups is 1. The Hall–Kier alpha value is -2.35. The zero-order valence-electron chi connectivity index (χ0n) is 10.3. The normalized spacial score (nSPS) is 11.3. The van der Waals surface area contributed by atoms with Crippen LogP contribution in [0.25, 0.3) is 0 Å². The lowest BCUT2D eigenvalue weighted by Crippen LogP contribution is -2.15. The number of rotatable bonds is 4. The predicted octanol–water partition coefficient (Wildman–Crippen LogP) is 1.96. The van der Waals surface area contributed by atoms with Crippen molar-refractivity contribution < 1.29 is 22.7 Å². The minimum Gasteiger partial charge on any atom is -0.477 e. The monoisotopic (exact) mass is 298 g/mol. The molecule has 0 aliphatic carbocycles. The lowest BCUT2D eigenvalue weighted by molar-refractivity contribution is 0.0692. The van der Waals surface area contributed by atoms with E-state index in [4.69, 9.17) is 5.11 Å². The van der Waals surface area contributed by atoms with Crippen molar-refractivity contribution in [1.29, 1.82) is 0 Å². The first-order valence-corrected chi connectivity index (χ1v) is 6.99. The number of aromatic amines is 1. The molecule has 6 nitrogen and oxygen atoms in total. The molecule has 0 aliphatic rings. The summed E-state index contributed by atoms with van der Waals surface area (Å²) in [4.78, 5) is 13.2. The van der Waals surface area contributed by atoms with Crippen LogP contribution in [0.5, 0.6) is 0 Å². The van der Waals surface area contributed by atoms with E-state index in [9.17, 15) is 17.6 Å². The Kier molecular flexibility index (Phi) is 3.49. The van der Waals surface area contributed by atoms with Crippen LogP contribution in [0.4, 0.5) is 10.1 Å². The van der Waals surface area contributed by atoms with Crippen molar-refractivity contribution in [3.63, 3.8) is 0 Å². The number of halogens is 1. The Morgan fingerprint density at radius 1 is 1.35 bits per heavy atom. The summed E-state index contributed by atoms with van der Waals surface area (Å²) in [5.41, 5.74) is 0.112. The summed E-state index contributed by atoms with van der Waals surface area (Å²) in [6, 6.07) is 5.78. The zero-order chi connectivity index (χ0) is 14.9. The van der Waals surface area contributed by atoms with Gasteiger partial charge in [-0.15, -0.1) is 0 Å². The van der Waals surface area contributed by atoms with Crippen molar-refractivity contribution in [2.24, 2.45) is 0 Å². The van der Waals surface area contributed by atoms with E-state index in [0.29, 0.717) is 5.69 Å². The van der Waals surface area contributed by atoms with Gasteiger partial charge >= 0.3 is 5.97 Å². The predicted molar refractivity (Wildman–Crippen MR) is 69.7 cm³/mol. The standard InChI is InChI=1S/C12H11FN2O4S/c1-7-5-10(11(14-7)12(16)17)15-20(18,19)9-4-2-3-8(13)6-9/h2-6,14-15H,1H3,(H,16,17). The summed E-state index contributed by atoms with van der Waals surface area (Å²) < 4.78 is 39.3. The fourth-order valence-electron chi connectivity index (χ4n) is 1.68.